The average molecular weight is 584 g/mol. The standard InChI is InChI=1S/C34H37N3O4S/c1-26(2)25-41-31-17-13-29(14-18-31)34(38)35-30-15-19-32(20-16-30)42(39,40)37-23-21-36(22-24-37)33(27-9-5-3-6-10-27)28-11-7-4-8-12-28/h3-20,26,33H,21-25H2,1-2H3,(H,35,38). The van der Waals surface area contributed by atoms with Gasteiger partial charge in [0.15, 0.2) is 0 Å². The minimum atomic E-state index is -3.67. The van der Waals surface area contributed by atoms with Crippen LogP contribution in [0.4, 0.5) is 5.69 Å². The number of carbonyl (C=O) groups is 1. The number of piperazine rings is 1. The lowest BCUT2D eigenvalue weighted by molar-refractivity contribution is 0.102. The van der Waals surface area contributed by atoms with Crippen molar-refractivity contribution in [3.05, 3.63) is 126 Å². The highest BCUT2D eigenvalue weighted by atomic mass is 32.2. The van der Waals surface area contributed by atoms with Gasteiger partial charge < -0.3 is 10.1 Å². The van der Waals surface area contributed by atoms with Crippen LogP contribution in [0.25, 0.3) is 0 Å². The largest absolute Gasteiger partial charge is 0.493 e. The molecular formula is C34H37N3O4S. The summed E-state index contributed by atoms with van der Waals surface area (Å²) in [6.45, 7) is 6.78. The lowest BCUT2D eigenvalue weighted by Crippen LogP contribution is -2.49. The van der Waals surface area contributed by atoms with Gasteiger partial charge in [0.05, 0.1) is 17.5 Å². The van der Waals surface area contributed by atoms with Crippen molar-refractivity contribution in [1.82, 2.24) is 9.21 Å². The molecule has 42 heavy (non-hydrogen) atoms. The zero-order chi connectivity index (χ0) is 29.5. The van der Waals surface area contributed by atoms with Crippen LogP contribution in [-0.2, 0) is 10.0 Å². The smallest absolute Gasteiger partial charge is 0.255 e. The van der Waals surface area contributed by atoms with Crippen molar-refractivity contribution in [3.8, 4) is 5.75 Å². The summed E-state index contributed by atoms with van der Waals surface area (Å²) < 4.78 is 34.2. The van der Waals surface area contributed by atoms with E-state index in [1.165, 1.54) is 11.1 Å². The molecule has 0 bridgehead atoms. The first kappa shape index (κ1) is 29.5. The van der Waals surface area contributed by atoms with Crippen LogP contribution in [0.15, 0.2) is 114 Å². The third-order valence-electron chi connectivity index (χ3n) is 7.32. The number of benzene rings is 4. The molecule has 0 radical (unpaired) electrons. The van der Waals surface area contributed by atoms with Crippen molar-refractivity contribution in [3.63, 3.8) is 0 Å². The number of anilines is 1. The van der Waals surface area contributed by atoms with Crippen LogP contribution in [-0.4, -0.2) is 56.3 Å². The predicted octanol–water partition coefficient (Wildman–Crippen LogP) is 6.07. The highest BCUT2D eigenvalue weighted by Crippen LogP contribution is 2.30. The third kappa shape index (κ3) is 7.07. The molecule has 5 rings (SSSR count). The number of rotatable bonds is 10. The Morgan fingerprint density at radius 1 is 0.762 bits per heavy atom. The topological polar surface area (TPSA) is 78.9 Å². The van der Waals surface area contributed by atoms with Crippen LogP contribution in [0.5, 0.6) is 5.75 Å². The number of nitrogens with zero attached hydrogens (tertiary/aromatic N) is 2. The maximum absolute atomic E-state index is 13.5. The summed E-state index contributed by atoms with van der Waals surface area (Å²) in [6.07, 6.45) is 0. The predicted molar refractivity (Wildman–Crippen MR) is 166 cm³/mol. The second-order valence-corrected chi connectivity index (χ2v) is 12.8. The molecule has 1 fully saturated rings. The van der Waals surface area contributed by atoms with Crippen molar-refractivity contribution >= 4 is 21.6 Å². The molecule has 218 valence electrons. The molecular weight excluding hydrogens is 546 g/mol. The molecule has 1 N–H and O–H groups in total. The zero-order valence-electron chi connectivity index (χ0n) is 24.0. The number of ether oxygens (including phenoxy) is 1. The molecule has 1 heterocycles. The van der Waals surface area contributed by atoms with E-state index in [1.54, 1.807) is 52.8 Å². The summed E-state index contributed by atoms with van der Waals surface area (Å²) in [5.74, 6) is 0.853. The summed E-state index contributed by atoms with van der Waals surface area (Å²) in [6, 6.07) is 34.1. The fourth-order valence-corrected chi connectivity index (χ4v) is 6.54. The number of amides is 1. The molecule has 0 atom stereocenters. The minimum absolute atomic E-state index is 0.0592. The first-order valence-corrected chi connectivity index (χ1v) is 15.7. The summed E-state index contributed by atoms with van der Waals surface area (Å²) in [7, 11) is -3.67. The third-order valence-corrected chi connectivity index (χ3v) is 9.23. The van der Waals surface area contributed by atoms with Crippen LogP contribution in [0, 0.1) is 5.92 Å². The Labute approximate surface area is 248 Å². The van der Waals surface area contributed by atoms with Crippen LogP contribution >= 0.6 is 0 Å². The van der Waals surface area contributed by atoms with Gasteiger partial charge in [-0.3, -0.25) is 9.69 Å². The summed E-state index contributed by atoms with van der Waals surface area (Å²) >= 11 is 0. The quantitative estimate of drug-likeness (QED) is 0.245. The molecule has 8 heteroatoms. The van der Waals surface area contributed by atoms with Gasteiger partial charge in [-0.2, -0.15) is 4.31 Å². The van der Waals surface area contributed by atoms with Crippen molar-refractivity contribution in [2.45, 2.75) is 24.8 Å². The van der Waals surface area contributed by atoms with E-state index in [-0.39, 0.29) is 16.8 Å². The Morgan fingerprint density at radius 2 is 1.31 bits per heavy atom. The number of nitrogens with one attached hydrogen (secondary N) is 1. The van der Waals surface area contributed by atoms with Crippen molar-refractivity contribution in [2.24, 2.45) is 5.92 Å². The van der Waals surface area contributed by atoms with Gasteiger partial charge in [-0.25, -0.2) is 8.42 Å². The Kier molecular flexibility index (Phi) is 9.37. The number of carbonyl (C=O) groups excluding carboxylic acids is 1. The monoisotopic (exact) mass is 583 g/mol. The Balaban J connectivity index is 1.21. The summed E-state index contributed by atoms with van der Waals surface area (Å²) in [4.78, 5) is 15.3. The summed E-state index contributed by atoms with van der Waals surface area (Å²) in [5, 5.41) is 2.84. The Hall–Kier alpha value is -3.98. The highest BCUT2D eigenvalue weighted by molar-refractivity contribution is 7.89. The molecule has 4 aromatic rings. The van der Waals surface area contributed by atoms with Crippen LogP contribution in [0.3, 0.4) is 0 Å². The van der Waals surface area contributed by atoms with E-state index >= 15 is 0 Å². The first-order valence-electron chi connectivity index (χ1n) is 14.3. The first-order chi connectivity index (χ1) is 20.3. The zero-order valence-corrected chi connectivity index (χ0v) is 24.8. The van der Waals surface area contributed by atoms with Gasteiger partial charge >= 0.3 is 0 Å². The highest BCUT2D eigenvalue weighted by Gasteiger charge is 2.32. The van der Waals surface area contributed by atoms with Gasteiger partial charge in [0.2, 0.25) is 10.0 Å². The van der Waals surface area contributed by atoms with Crippen LogP contribution in [0.2, 0.25) is 0 Å². The van der Waals surface area contributed by atoms with Gasteiger partial charge in [0.1, 0.15) is 5.75 Å². The number of sulfonamides is 1. The van der Waals surface area contributed by atoms with Crippen molar-refractivity contribution < 1.29 is 17.9 Å². The van der Waals surface area contributed by atoms with Crippen LogP contribution in [0.1, 0.15) is 41.4 Å². The number of hydrogen-bond donors (Lipinski definition) is 1. The second kappa shape index (κ2) is 13.3. The van der Waals surface area contributed by atoms with E-state index in [4.69, 9.17) is 4.74 Å². The van der Waals surface area contributed by atoms with E-state index in [9.17, 15) is 13.2 Å². The van der Waals surface area contributed by atoms with E-state index in [1.807, 2.05) is 36.4 Å². The van der Waals surface area contributed by atoms with Crippen molar-refractivity contribution in [1.29, 1.82) is 0 Å². The lowest BCUT2D eigenvalue weighted by Gasteiger charge is -2.39. The van der Waals surface area contributed by atoms with E-state index in [0.29, 0.717) is 55.7 Å². The molecule has 1 saturated heterocycles. The maximum atomic E-state index is 13.5. The number of hydrogen-bond acceptors (Lipinski definition) is 5. The van der Waals surface area contributed by atoms with E-state index < -0.39 is 10.0 Å². The van der Waals surface area contributed by atoms with Crippen molar-refractivity contribution in [2.75, 3.05) is 38.1 Å². The van der Waals surface area contributed by atoms with Gasteiger partial charge in [-0.1, -0.05) is 74.5 Å². The van der Waals surface area contributed by atoms with Crippen LogP contribution < -0.4 is 10.1 Å². The molecule has 0 unspecified atom stereocenters. The molecule has 1 aliphatic heterocycles. The second-order valence-electron chi connectivity index (χ2n) is 10.9. The SMILES string of the molecule is CC(C)COc1ccc(C(=O)Nc2ccc(S(=O)(=O)N3CCN(C(c4ccccc4)c4ccccc4)CC3)cc2)cc1. The minimum Gasteiger partial charge on any atom is -0.493 e. The molecule has 7 nitrogen and oxygen atoms in total. The molecule has 4 aromatic carbocycles. The van der Waals surface area contributed by atoms with Gasteiger partial charge in [-0.05, 0) is 65.6 Å². The fourth-order valence-electron chi connectivity index (χ4n) is 5.11. The maximum Gasteiger partial charge on any atom is 0.255 e. The van der Waals surface area contributed by atoms with E-state index in [0.717, 1.165) is 0 Å². The molecule has 0 spiro atoms. The molecule has 1 amide bonds. The van der Waals surface area contributed by atoms with Gasteiger partial charge in [-0.15, -0.1) is 0 Å². The fraction of sp³-hybridized carbons (Fsp3) is 0.265. The Bertz CT molecular complexity index is 1510. The molecule has 0 aromatic heterocycles. The van der Waals surface area contributed by atoms with Gasteiger partial charge in [0, 0.05) is 37.4 Å². The molecule has 0 aliphatic carbocycles. The van der Waals surface area contributed by atoms with Gasteiger partial charge in [0.25, 0.3) is 5.91 Å². The molecule has 1 aliphatic rings. The molecule has 0 saturated carbocycles. The van der Waals surface area contributed by atoms with E-state index in [2.05, 4.69) is 48.3 Å². The normalized spacial score (nSPS) is 14.7. The summed E-state index contributed by atoms with van der Waals surface area (Å²) in [5.41, 5.74) is 3.39. The average Bonchev–Trinajstić information content (AvgIpc) is 3.02. The lowest BCUT2D eigenvalue weighted by atomic mass is 9.96. The Morgan fingerprint density at radius 3 is 1.83 bits per heavy atom.